The standard InChI is InChI=1S/C14H18N4O4/c1-20-9-11-4-6-18-10(3-5-15-18)8-17(11)14(19)12-7-13(21-2)16-22-12/h3,5,7,11H,4,6,8-9H2,1-2H3/t11-/m1/s1. The second kappa shape index (κ2) is 6.18. The first-order chi connectivity index (χ1) is 10.7. The van der Waals surface area contributed by atoms with Gasteiger partial charge in [-0.1, -0.05) is 0 Å². The van der Waals surface area contributed by atoms with E-state index in [0.29, 0.717) is 13.2 Å². The molecule has 0 radical (unpaired) electrons. The molecule has 0 saturated carbocycles. The first-order valence-corrected chi connectivity index (χ1v) is 7.04. The van der Waals surface area contributed by atoms with E-state index in [-0.39, 0.29) is 23.6 Å². The fraction of sp³-hybridized carbons (Fsp3) is 0.500. The molecule has 0 bridgehead atoms. The number of fused-ring (bicyclic) bond motifs is 1. The lowest BCUT2D eigenvalue weighted by Crippen LogP contribution is -2.41. The molecule has 2 aromatic rings. The first-order valence-electron chi connectivity index (χ1n) is 7.04. The van der Waals surface area contributed by atoms with Gasteiger partial charge in [0.15, 0.2) is 0 Å². The van der Waals surface area contributed by atoms with E-state index in [1.54, 1.807) is 18.2 Å². The van der Waals surface area contributed by atoms with Gasteiger partial charge in [0.1, 0.15) is 0 Å². The van der Waals surface area contributed by atoms with Gasteiger partial charge < -0.3 is 18.9 Å². The maximum Gasteiger partial charge on any atom is 0.293 e. The fourth-order valence-electron chi connectivity index (χ4n) is 2.63. The minimum atomic E-state index is -0.229. The highest BCUT2D eigenvalue weighted by Crippen LogP contribution is 2.21. The van der Waals surface area contributed by atoms with Gasteiger partial charge in [0.25, 0.3) is 11.8 Å². The summed E-state index contributed by atoms with van der Waals surface area (Å²) in [6.45, 7) is 1.66. The summed E-state index contributed by atoms with van der Waals surface area (Å²) < 4.78 is 17.2. The topological polar surface area (TPSA) is 82.6 Å². The van der Waals surface area contributed by atoms with Gasteiger partial charge in [0.2, 0.25) is 5.76 Å². The van der Waals surface area contributed by atoms with Crippen molar-refractivity contribution in [1.29, 1.82) is 0 Å². The van der Waals surface area contributed by atoms with Gasteiger partial charge in [-0.2, -0.15) is 5.10 Å². The molecule has 1 aliphatic rings. The predicted octanol–water partition coefficient (Wildman–Crippen LogP) is 0.941. The average Bonchev–Trinajstić information content (AvgIpc) is 3.15. The normalized spacial score (nSPS) is 17.9. The Bertz CT molecular complexity index is 651. The van der Waals surface area contributed by atoms with E-state index in [1.165, 1.54) is 13.2 Å². The number of aryl methyl sites for hydroxylation is 1. The van der Waals surface area contributed by atoms with Gasteiger partial charge in [-0.15, -0.1) is 0 Å². The van der Waals surface area contributed by atoms with Crippen LogP contribution >= 0.6 is 0 Å². The number of rotatable bonds is 4. The largest absolute Gasteiger partial charge is 0.479 e. The Morgan fingerprint density at radius 1 is 1.50 bits per heavy atom. The highest BCUT2D eigenvalue weighted by atomic mass is 16.5. The number of hydrogen-bond acceptors (Lipinski definition) is 6. The van der Waals surface area contributed by atoms with Crippen LogP contribution in [0.25, 0.3) is 0 Å². The van der Waals surface area contributed by atoms with E-state index in [4.69, 9.17) is 14.0 Å². The lowest BCUT2D eigenvalue weighted by atomic mass is 10.1. The van der Waals surface area contributed by atoms with Crippen LogP contribution in [0.4, 0.5) is 0 Å². The maximum atomic E-state index is 12.8. The number of nitrogens with zero attached hydrogens (tertiary/aromatic N) is 4. The minimum Gasteiger partial charge on any atom is -0.479 e. The monoisotopic (exact) mass is 306 g/mol. The number of methoxy groups -OCH3 is 2. The van der Waals surface area contributed by atoms with Crippen LogP contribution < -0.4 is 4.74 Å². The molecule has 1 aliphatic heterocycles. The van der Waals surface area contributed by atoms with Gasteiger partial charge in [-0.3, -0.25) is 9.48 Å². The van der Waals surface area contributed by atoms with Crippen molar-refractivity contribution in [1.82, 2.24) is 19.8 Å². The molecule has 0 aromatic carbocycles. The smallest absolute Gasteiger partial charge is 0.293 e. The molecule has 0 saturated heterocycles. The molecule has 1 atom stereocenters. The van der Waals surface area contributed by atoms with Gasteiger partial charge in [-0.05, 0) is 17.6 Å². The summed E-state index contributed by atoms with van der Waals surface area (Å²) in [6, 6.07) is 3.36. The zero-order valence-corrected chi connectivity index (χ0v) is 12.6. The maximum absolute atomic E-state index is 12.8. The van der Waals surface area contributed by atoms with E-state index >= 15 is 0 Å². The number of aromatic nitrogens is 3. The van der Waals surface area contributed by atoms with E-state index in [2.05, 4.69) is 10.3 Å². The Morgan fingerprint density at radius 3 is 3.09 bits per heavy atom. The van der Waals surface area contributed by atoms with Crippen LogP contribution in [0.3, 0.4) is 0 Å². The number of amides is 1. The van der Waals surface area contributed by atoms with Crippen LogP contribution in [-0.4, -0.2) is 52.6 Å². The molecule has 0 aliphatic carbocycles. The summed E-state index contributed by atoms with van der Waals surface area (Å²) in [4.78, 5) is 14.5. The summed E-state index contributed by atoms with van der Waals surface area (Å²) in [7, 11) is 3.11. The van der Waals surface area contributed by atoms with Crippen molar-refractivity contribution in [3.05, 3.63) is 29.8 Å². The Hall–Kier alpha value is -2.35. The van der Waals surface area contributed by atoms with Gasteiger partial charge in [-0.25, -0.2) is 0 Å². The molecule has 0 N–H and O–H groups in total. The molecule has 22 heavy (non-hydrogen) atoms. The quantitative estimate of drug-likeness (QED) is 0.836. The zero-order valence-electron chi connectivity index (χ0n) is 12.6. The molecule has 3 heterocycles. The van der Waals surface area contributed by atoms with Crippen molar-refractivity contribution in [2.24, 2.45) is 0 Å². The second-order valence-corrected chi connectivity index (χ2v) is 5.11. The van der Waals surface area contributed by atoms with Crippen LogP contribution in [0, 0.1) is 0 Å². The van der Waals surface area contributed by atoms with Gasteiger partial charge in [0, 0.05) is 19.9 Å². The van der Waals surface area contributed by atoms with Gasteiger partial charge in [0.05, 0.1) is 38.1 Å². The summed E-state index contributed by atoms with van der Waals surface area (Å²) in [5.74, 6) is 0.213. The van der Waals surface area contributed by atoms with Crippen LogP contribution in [0.15, 0.2) is 22.9 Å². The van der Waals surface area contributed by atoms with Crippen molar-refractivity contribution < 1.29 is 18.8 Å². The van der Waals surface area contributed by atoms with E-state index in [9.17, 15) is 4.79 Å². The van der Waals surface area contributed by atoms with Gasteiger partial charge >= 0.3 is 0 Å². The number of carbonyl (C=O) groups excluding carboxylic acids is 1. The summed E-state index contributed by atoms with van der Waals surface area (Å²) >= 11 is 0. The Labute approximate surface area is 127 Å². The molecule has 1 amide bonds. The Kier molecular flexibility index (Phi) is 4.10. The second-order valence-electron chi connectivity index (χ2n) is 5.11. The lowest BCUT2D eigenvalue weighted by Gasteiger charge is -2.28. The number of hydrogen-bond donors (Lipinski definition) is 0. The van der Waals surface area contributed by atoms with E-state index in [0.717, 1.165) is 18.7 Å². The van der Waals surface area contributed by atoms with E-state index in [1.807, 2.05) is 10.7 Å². The number of ether oxygens (including phenoxy) is 2. The SMILES string of the molecule is COC[C@H]1CCn2nccc2CN1C(=O)c1cc(OC)no1. The molecule has 118 valence electrons. The van der Waals surface area contributed by atoms with Crippen LogP contribution in [-0.2, 0) is 17.8 Å². The summed E-state index contributed by atoms with van der Waals surface area (Å²) in [5, 5.41) is 7.96. The van der Waals surface area contributed by atoms with Crippen LogP contribution in [0.5, 0.6) is 5.88 Å². The highest BCUT2D eigenvalue weighted by molar-refractivity contribution is 5.91. The molecule has 0 unspecified atom stereocenters. The van der Waals surface area contributed by atoms with Crippen LogP contribution in [0.2, 0.25) is 0 Å². The lowest BCUT2D eigenvalue weighted by molar-refractivity contribution is 0.0466. The van der Waals surface area contributed by atoms with Crippen molar-refractivity contribution in [3.8, 4) is 5.88 Å². The molecule has 2 aromatic heterocycles. The highest BCUT2D eigenvalue weighted by Gasteiger charge is 2.31. The van der Waals surface area contributed by atoms with Crippen molar-refractivity contribution in [3.63, 3.8) is 0 Å². The molecule has 0 fully saturated rings. The third-order valence-corrected chi connectivity index (χ3v) is 3.78. The summed E-state index contributed by atoms with van der Waals surface area (Å²) in [5.41, 5.74) is 0.985. The third-order valence-electron chi connectivity index (χ3n) is 3.78. The van der Waals surface area contributed by atoms with Crippen molar-refractivity contribution in [2.75, 3.05) is 20.8 Å². The van der Waals surface area contributed by atoms with Crippen LogP contribution in [0.1, 0.15) is 22.7 Å². The Balaban J connectivity index is 1.87. The molecule has 8 nitrogen and oxygen atoms in total. The number of carbonyl (C=O) groups is 1. The molecular weight excluding hydrogens is 288 g/mol. The predicted molar refractivity (Wildman–Crippen MR) is 75.4 cm³/mol. The Morgan fingerprint density at radius 2 is 2.36 bits per heavy atom. The first kappa shape index (κ1) is 14.6. The molecule has 8 heteroatoms. The zero-order chi connectivity index (χ0) is 15.5. The van der Waals surface area contributed by atoms with Crippen molar-refractivity contribution in [2.45, 2.75) is 25.6 Å². The molecular formula is C14H18N4O4. The minimum absolute atomic E-state index is 0.0460. The fourth-order valence-corrected chi connectivity index (χ4v) is 2.63. The van der Waals surface area contributed by atoms with E-state index < -0.39 is 0 Å². The molecule has 0 spiro atoms. The van der Waals surface area contributed by atoms with Crippen molar-refractivity contribution >= 4 is 5.91 Å². The summed E-state index contributed by atoms with van der Waals surface area (Å²) in [6.07, 6.45) is 2.51. The average molecular weight is 306 g/mol. The molecule has 3 rings (SSSR count). The third kappa shape index (κ3) is 2.69.